The van der Waals surface area contributed by atoms with Gasteiger partial charge in [-0.2, -0.15) is 0 Å². The summed E-state index contributed by atoms with van der Waals surface area (Å²) in [6, 6.07) is 5.35. The zero-order chi connectivity index (χ0) is 19.7. The first-order valence-corrected chi connectivity index (χ1v) is 10.4. The van der Waals surface area contributed by atoms with E-state index in [-0.39, 0.29) is 17.7 Å². The van der Waals surface area contributed by atoms with Gasteiger partial charge in [0.1, 0.15) is 5.71 Å². The predicted octanol–water partition coefficient (Wildman–Crippen LogP) is 1.21. The molecule has 1 aliphatic carbocycles. The SMILES string of the molecule is CNc1cc(N)ccc1C(=N)C(=O)NC1CCN(CCN2CC3CC3C2)CC1. The second-order valence-electron chi connectivity index (χ2n) is 8.53. The second kappa shape index (κ2) is 8.09. The number of anilines is 2. The number of rotatable bonds is 7. The van der Waals surface area contributed by atoms with Crippen LogP contribution in [-0.2, 0) is 4.79 Å². The van der Waals surface area contributed by atoms with Gasteiger partial charge in [0.15, 0.2) is 0 Å². The van der Waals surface area contributed by atoms with E-state index in [0.29, 0.717) is 16.9 Å². The third-order valence-electron chi connectivity index (χ3n) is 6.52. The summed E-state index contributed by atoms with van der Waals surface area (Å²) in [7, 11) is 1.77. The van der Waals surface area contributed by atoms with Gasteiger partial charge >= 0.3 is 0 Å². The van der Waals surface area contributed by atoms with Crippen molar-refractivity contribution in [1.82, 2.24) is 15.1 Å². The van der Waals surface area contributed by atoms with Crippen LogP contribution in [0.25, 0.3) is 0 Å². The maximum Gasteiger partial charge on any atom is 0.270 e. The lowest BCUT2D eigenvalue weighted by Crippen LogP contribution is -2.48. The predicted molar refractivity (Wildman–Crippen MR) is 113 cm³/mol. The number of nitrogens with zero attached hydrogens (tertiary/aromatic N) is 2. The molecule has 2 aliphatic heterocycles. The Morgan fingerprint density at radius 2 is 1.86 bits per heavy atom. The van der Waals surface area contributed by atoms with Crippen molar-refractivity contribution in [2.75, 3.05) is 57.4 Å². The smallest absolute Gasteiger partial charge is 0.270 e. The Hall–Kier alpha value is -2.12. The van der Waals surface area contributed by atoms with Crippen LogP contribution in [-0.4, -0.2) is 73.8 Å². The van der Waals surface area contributed by atoms with Crippen LogP contribution in [0.5, 0.6) is 0 Å². The zero-order valence-electron chi connectivity index (χ0n) is 16.7. The fraction of sp³-hybridized carbons (Fsp3) is 0.619. The van der Waals surface area contributed by atoms with Crippen molar-refractivity contribution < 1.29 is 4.79 Å². The molecule has 2 heterocycles. The van der Waals surface area contributed by atoms with Crippen LogP contribution in [0.15, 0.2) is 18.2 Å². The summed E-state index contributed by atoms with van der Waals surface area (Å²) >= 11 is 0. The third-order valence-corrected chi connectivity index (χ3v) is 6.52. The number of fused-ring (bicyclic) bond motifs is 1. The highest BCUT2D eigenvalue weighted by atomic mass is 16.1. The van der Waals surface area contributed by atoms with Crippen LogP contribution in [0, 0.1) is 17.2 Å². The van der Waals surface area contributed by atoms with Gasteiger partial charge in [-0.15, -0.1) is 0 Å². The maximum absolute atomic E-state index is 12.6. The fourth-order valence-electron chi connectivity index (χ4n) is 4.63. The topological polar surface area (TPSA) is 97.5 Å². The molecule has 0 spiro atoms. The Morgan fingerprint density at radius 1 is 1.18 bits per heavy atom. The van der Waals surface area contributed by atoms with Crippen LogP contribution >= 0.6 is 0 Å². The number of likely N-dealkylation sites (tertiary alicyclic amines) is 2. The van der Waals surface area contributed by atoms with E-state index in [0.717, 1.165) is 44.3 Å². The quantitative estimate of drug-likeness (QED) is 0.419. The Labute approximate surface area is 167 Å². The fourth-order valence-corrected chi connectivity index (χ4v) is 4.63. The molecule has 7 nitrogen and oxygen atoms in total. The molecule has 4 rings (SSSR count). The maximum atomic E-state index is 12.6. The van der Waals surface area contributed by atoms with Gasteiger partial charge in [-0.1, -0.05) is 0 Å². The molecule has 2 unspecified atom stereocenters. The molecule has 0 bridgehead atoms. The molecule has 2 saturated heterocycles. The molecule has 1 saturated carbocycles. The van der Waals surface area contributed by atoms with E-state index in [1.807, 2.05) is 0 Å². The number of amides is 1. The standard InChI is InChI=1S/C21H32N6O/c1-24-19-11-16(22)2-3-18(19)20(23)21(28)25-17-4-6-26(7-5-17)8-9-27-12-14-10-15(14)13-27/h2-3,11,14-15,17,23-24H,4-10,12-13,22H2,1H3,(H,25,28). The van der Waals surface area contributed by atoms with Crippen molar-refractivity contribution in [3.8, 4) is 0 Å². The number of hydrogen-bond acceptors (Lipinski definition) is 6. The first-order chi connectivity index (χ1) is 13.5. The number of nitrogens with two attached hydrogens (primary N) is 1. The average Bonchev–Trinajstić information content (AvgIpc) is 3.32. The van der Waals surface area contributed by atoms with Crippen LogP contribution in [0.2, 0.25) is 0 Å². The van der Waals surface area contributed by atoms with Gasteiger partial charge in [-0.25, -0.2) is 0 Å². The summed E-state index contributed by atoms with van der Waals surface area (Å²) in [5, 5.41) is 14.3. The number of nitrogens with one attached hydrogen (secondary N) is 3. The Kier molecular flexibility index (Phi) is 5.55. The molecule has 1 amide bonds. The van der Waals surface area contributed by atoms with Crippen molar-refractivity contribution in [3.63, 3.8) is 0 Å². The lowest BCUT2D eigenvalue weighted by atomic mass is 10.0. The molecule has 3 aliphatic rings. The number of piperidine rings is 2. The molecule has 0 radical (unpaired) electrons. The van der Waals surface area contributed by atoms with Gasteiger partial charge in [0.05, 0.1) is 0 Å². The highest BCUT2D eigenvalue weighted by Crippen LogP contribution is 2.44. The van der Waals surface area contributed by atoms with Crippen LogP contribution in [0.4, 0.5) is 11.4 Å². The van der Waals surface area contributed by atoms with Crippen LogP contribution < -0.4 is 16.4 Å². The normalized spacial score (nSPS) is 25.3. The summed E-state index contributed by atoms with van der Waals surface area (Å²) in [6.07, 6.45) is 3.36. The molecule has 1 aromatic rings. The molecule has 7 heteroatoms. The molecule has 152 valence electrons. The van der Waals surface area contributed by atoms with Gasteiger partial charge < -0.3 is 26.2 Å². The lowest BCUT2D eigenvalue weighted by Gasteiger charge is -2.33. The molecular formula is C21H32N6O. The van der Waals surface area contributed by atoms with Crippen LogP contribution in [0.1, 0.15) is 24.8 Å². The largest absolute Gasteiger partial charge is 0.399 e. The number of nitrogen functional groups attached to an aromatic ring is 1. The van der Waals surface area contributed by atoms with E-state index in [1.54, 1.807) is 25.2 Å². The number of carbonyl (C=O) groups excluding carboxylic acids is 1. The molecule has 3 fully saturated rings. The molecule has 2 atom stereocenters. The summed E-state index contributed by atoms with van der Waals surface area (Å²) in [6.45, 7) is 6.95. The van der Waals surface area contributed by atoms with Gasteiger partial charge in [0.25, 0.3) is 5.91 Å². The van der Waals surface area contributed by atoms with Crippen LogP contribution in [0.3, 0.4) is 0 Å². The summed E-state index contributed by atoms with van der Waals surface area (Å²) in [5.74, 6) is 1.69. The van der Waals surface area contributed by atoms with Crippen molar-refractivity contribution >= 4 is 23.0 Å². The van der Waals surface area contributed by atoms with Crippen molar-refractivity contribution in [1.29, 1.82) is 5.41 Å². The summed E-state index contributed by atoms with van der Waals surface area (Å²) in [5.41, 5.74) is 7.67. The van der Waals surface area contributed by atoms with Crippen molar-refractivity contribution in [3.05, 3.63) is 23.8 Å². The number of carbonyl (C=O) groups is 1. The van der Waals surface area contributed by atoms with Gasteiger partial charge in [0.2, 0.25) is 0 Å². The van der Waals surface area contributed by atoms with Crippen molar-refractivity contribution in [2.24, 2.45) is 11.8 Å². The Balaban J connectivity index is 1.21. The highest BCUT2D eigenvalue weighted by molar-refractivity contribution is 6.45. The zero-order valence-corrected chi connectivity index (χ0v) is 16.7. The van der Waals surface area contributed by atoms with Gasteiger partial charge in [-0.3, -0.25) is 10.2 Å². The van der Waals surface area contributed by atoms with E-state index in [1.165, 1.54) is 26.1 Å². The van der Waals surface area contributed by atoms with E-state index in [4.69, 9.17) is 11.1 Å². The lowest BCUT2D eigenvalue weighted by molar-refractivity contribution is -0.115. The molecule has 1 aromatic carbocycles. The number of benzene rings is 1. The minimum absolute atomic E-state index is 0.0145. The molecule has 0 aromatic heterocycles. The Morgan fingerprint density at radius 3 is 2.54 bits per heavy atom. The Bertz CT molecular complexity index is 732. The van der Waals surface area contributed by atoms with Gasteiger partial charge in [-0.05, 0) is 49.3 Å². The summed E-state index contributed by atoms with van der Waals surface area (Å²) < 4.78 is 0. The minimum atomic E-state index is -0.309. The van der Waals surface area contributed by atoms with E-state index in [9.17, 15) is 4.79 Å². The highest BCUT2D eigenvalue weighted by Gasteiger charge is 2.44. The first-order valence-electron chi connectivity index (χ1n) is 10.4. The van der Waals surface area contributed by atoms with E-state index in [2.05, 4.69) is 20.4 Å². The first kappa shape index (κ1) is 19.2. The van der Waals surface area contributed by atoms with Crippen molar-refractivity contribution in [2.45, 2.75) is 25.3 Å². The molecule has 28 heavy (non-hydrogen) atoms. The second-order valence-corrected chi connectivity index (χ2v) is 8.53. The minimum Gasteiger partial charge on any atom is -0.399 e. The molecular weight excluding hydrogens is 352 g/mol. The van der Waals surface area contributed by atoms with E-state index < -0.39 is 0 Å². The monoisotopic (exact) mass is 384 g/mol. The average molecular weight is 385 g/mol. The summed E-state index contributed by atoms with van der Waals surface area (Å²) in [4.78, 5) is 17.7. The molecule has 5 N–H and O–H groups in total. The van der Waals surface area contributed by atoms with Gasteiger partial charge in [0, 0.05) is 69.3 Å². The number of hydrogen-bond donors (Lipinski definition) is 4. The third kappa shape index (κ3) is 4.31. The van der Waals surface area contributed by atoms with E-state index >= 15 is 0 Å².